The van der Waals surface area contributed by atoms with Gasteiger partial charge in [0.05, 0.1) is 12.2 Å². The van der Waals surface area contributed by atoms with Gasteiger partial charge in [0.15, 0.2) is 0 Å². The van der Waals surface area contributed by atoms with E-state index in [1.54, 1.807) is 4.90 Å². The summed E-state index contributed by atoms with van der Waals surface area (Å²) in [7, 11) is -1.02. The molecule has 4 heteroatoms. The second kappa shape index (κ2) is 7.55. The fourth-order valence-electron chi connectivity index (χ4n) is 2.86. The van der Waals surface area contributed by atoms with E-state index in [1.165, 1.54) is 5.56 Å². The molecule has 3 rings (SSSR count). The molecule has 120 valence electrons. The molecule has 0 bridgehead atoms. The Hall–Kier alpha value is -1.94. The van der Waals surface area contributed by atoms with Crippen LogP contribution < -0.4 is 0 Å². The van der Waals surface area contributed by atoms with Crippen molar-refractivity contribution in [1.82, 2.24) is 4.90 Å². The summed E-state index contributed by atoms with van der Waals surface area (Å²) in [6.45, 7) is 0.693. The monoisotopic (exact) mass is 327 g/mol. The van der Waals surface area contributed by atoms with E-state index in [0.29, 0.717) is 18.7 Å². The Labute approximate surface area is 139 Å². The molecule has 2 aromatic rings. The lowest BCUT2D eigenvalue weighted by molar-refractivity contribution is -0.141. The van der Waals surface area contributed by atoms with Crippen molar-refractivity contribution >= 4 is 16.7 Å². The van der Waals surface area contributed by atoms with E-state index in [4.69, 9.17) is 0 Å². The largest absolute Gasteiger partial charge is 0.327 e. The molecule has 0 N–H and O–H groups in total. The maximum Gasteiger partial charge on any atom is 0.226 e. The minimum absolute atomic E-state index is 0.113. The topological polar surface area (TPSA) is 37.4 Å². The second-order valence-corrected chi connectivity index (χ2v) is 7.44. The van der Waals surface area contributed by atoms with Crippen molar-refractivity contribution in [1.29, 1.82) is 0 Å². The molecule has 2 atom stereocenters. The van der Waals surface area contributed by atoms with Gasteiger partial charge in [-0.25, -0.2) is 0 Å². The van der Waals surface area contributed by atoms with Crippen molar-refractivity contribution in [2.45, 2.75) is 30.4 Å². The van der Waals surface area contributed by atoms with Crippen LogP contribution in [0.1, 0.15) is 24.0 Å². The number of nitrogens with zero attached hydrogens (tertiary/aromatic N) is 1. The van der Waals surface area contributed by atoms with Gasteiger partial charge in [0.1, 0.15) is 5.37 Å². The van der Waals surface area contributed by atoms with Crippen LogP contribution in [0.3, 0.4) is 0 Å². The highest BCUT2D eigenvalue weighted by atomic mass is 32.2. The average Bonchev–Trinajstić information content (AvgIpc) is 2.58. The third-order valence-electron chi connectivity index (χ3n) is 4.18. The molecule has 0 radical (unpaired) electrons. The Morgan fingerprint density at radius 3 is 2.17 bits per heavy atom. The lowest BCUT2D eigenvalue weighted by Gasteiger charge is -2.39. The summed E-state index contributed by atoms with van der Waals surface area (Å²) in [5.41, 5.74) is 2.34. The number of β-lactam (4-membered cyclic amide) rings is 1. The first kappa shape index (κ1) is 15.9. The summed E-state index contributed by atoms with van der Waals surface area (Å²) in [5.74, 6) is 0.651. The van der Waals surface area contributed by atoms with Gasteiger partial charge in [0.2, 0.25) is 5.91 Å². The summed E-state index contributed by atoms with van der Waals surface area (Å²) in [6, 6.07) is 20.1. The van der Waals surface area contributed by atoms with Gasteiger partial charge in [0.25, 0.3) is 0 Å². The number of aryl methyl sites for hydroxylation is 1. The number of rotatable bonds is 7. The summed E-state index contributed by atoms with van der Waals surface area (Å²) < 4.78 is 12.5. The van der Waals surface area contributed by atoms with Gasteiger partial charge < -0.3 is 4.90 Å². The zero-order valence-electron chi connectivity index (χ0n) is 13.1. The van der Waals surface area contributed by atoms with Crippen LogP contribution in [0.25, 0.3) is 0 Å². The molecule has 2 unspecified atom stereocenters. The van der Waals surface area contributed by atoms with Crippen LogP contribution in [0.15, 0.2) is 60.7 Å². The van der Waals surface area contributed by atoms with Crippen molar-refractivity contribution < 1.29 is 9.00 Å². The van der Waals surface area contributed by atoms with Crippen molar-refractivity contribution in [3.8, 4) is 0 Å². The van der Waals surface area contributed by atoms with Crippen LogP contribution in [0.2, 0.25) is 0 Å². The zero-order chi connectivity index (χ0) is 16.1. The molecule has 1 saturated heterocycles. The van der Waals surface area contributed by atoms with Gasteiger partial charge >= 0.3 is 0 Å². The normalized spacial score (nSPS) is 18.5. The van der Waals surface area contributed by atoms with Crippen molar-refractivity contribution in [3.05, 3.63) is 71.8 Å². The molecule has 0 spiro atoms. The average molecular weight is 327 g/mol. The van der Waals surface area contributed by atoms with E-state index >= 15 is 0 Å². The van der Waals surface area contributed by atoms with Crippen LogP contribution in [-0.2, 0) is 27.8 Å². The molecule has 1 heterocycles. The van der Waals surface area contributed by atoms with Gasteiger partial charge in [-0.3, -0.25) is 9.00 Å². The van der Waals surface area contributed by atoms with Crippen molar-refractivity contribution in [2.75, 3.05) is 6.54 Å². The molecule has 3 nitrogen and oxygen atoms in total. The molecule has 1 amide bonds. The quantitative estimate of drug-likeness (QED) is 0.733. The predicted octanol–water partition coefficient (Wildman–Crippen LogP) is 3.13. The van der Waals surface area contributed by atoms with Gasteiger partial charge in [-0.2, -0.15) is 0 Å². The van der Waals surface area contributed by atoms with Crippen LogP contribution in [0.4, 0.5) is 0 Å². The molecule has 1 fully saturated rings. The van der Waals surface area contributed by atoms with Crippen LogP contribution in [0.5, 0.6) is 0 Å². The fourth-order valence-corrected chi connectivity index (χ4v) is 4.41. The van der Waals surface area contributed by atoms with Gasteiger partial charge in [-0.15, -0.1) is 0 Å². The number of hydrogen-bond acceptors (Lipinski definition) is 2. The lowest BCUT2D eigenvalue weighted by atomic mass is 10.1. The highest BCUT2D eigenvalue weighted by molar-refractivity contribution is 7.84. The Bertz CT molecular complexity index is 672. The summed E-state index contributed by atoms with van der Waals surface area (Å²) in [4.78, 5) is 13.6. The third kappa shape index (κ3) is 4.08. The lowest BCUT2D eigenvalue weighted by Crippen LogP contribution is -2.55. The summed E-state index contributed by atoms with van der Waals surface area (Å²) in [6.07, 6.45) is 2.28. The highest BCUT2D eigenvalue weighted by Gasteiger charge is 2.39. The Morgan fingerprint density at radius 2 is 1.57 bits per heavy atom. The third-order valence-corrected chi connectivity index (χ3v) is 5.83. The maximum absolute atomic E-state index is 12.5. The van der Waals surface area contributed by atoms with E-state index in [-0.39, 0.29) is 11.3 Å². The van der Waals surface area contributed by atoms with Gasteiger partial charge in [-0.05, 0) is 24.0 Å². The van der Waals surface area contributed by atoms with E-state index < -0.39 is 10.8 Å². The van der Waals surface area contributed by atoms with E-state index in [2.05, 4.69) is 12.1 Å². The second-order valence-electron chi connectivity index (χ2n) is 5.85. The maximum atomic E-state index is 12.5. The van der Waals surface area contributed by atoms with Gasteiger partial charge in [0, 0.05) is 17.3 Å². The van der Waals surface area contributed by atoms with E-state index in [0.717, 1.165) is 18.4 Å². The molecule has 1 aliphatic rings. The predicted molar refractivity (Wildman–Crippen MR) is 93.2 cm³/mol. The number of amides is 1. The van der Waals surface area contributed by atoms with Crippen LogP contribution >= 0.6 is 0 Å². The highest BCUT2D eigenvalue weighted by Crippen LogP contribution is 2.25. The smallest absolute Gasteiger partial charge is 0.226 e. The SMILES string of the molecule is O=C1CC(S(=O)Cc2ccccc2)N1CCCc1ccccc1. The Morgan fingerprint density at radius 1 is 0.957 bits per heavy atom. The number of likely N-dealkylation sites (tertiary alicyclic amines) is 1. The molecule has 23 heavy (non-hydrogen) atoms. The molecular formula is C19H21NO2S. The number of hydrogen-bond donors (Lipinski definition) is 0. The zero-order valence-corrected chi connectivity index (χ0v) is 13.9. The standard InChI is InChI=1S/C19H21NO2S/c21-18-14-19(23(22)15-17-10-5-2-6-11-17)20(18)13-7-12-16-8-3-1-4-9-16/h1-6,8-11,19H,7,12-15H2. The first-order valence-corrected chi connectivity index (χ1v) is 9.37. The van der Waals surface area contributed by atoms with Crippen molar-refractivity contribution in [3.63, 3.8) is 0 Å². The number of carbonyl (C=O) groups is 1. The first-order chi connectivity index (χ1) is 11.2. The molecule has 0 aliphatic carbocycles. The van der Waals surface area contributed by atoms with Crippen LogP contribution in [-0.4, -0.2) is 26.9 Å². The Kier molecular flexibility index (Phi) is 5.23. The number of carbonyl (C=O) groups excluding carboxylic acids is 1. The minimum atomic E-state index is -1.02. The molecule has 0 saturated carbocycles. The van der Waals surface area contributed by atoms with Gasteiger partial charge in [-0.1, -0.05) is 60.7 Å². The first-order valence-electron chi connectivity index (χ1n) is 7.98. The van der Waals surface area contributed by atoms with Crippen molar-refractivity contribution in [2.24, 2.45) is 0 Å². The number of benzene rings is 2. The minimum Gasteiger partial charge on any atom is -0.327 e. The summed E-state index contributed by atoms with van der Waals surface area (Å²) in [5, 5.41) is -0.113. The molecule has 2 aromatic carbocycles. The van der Waals surface area contributed by atoms with Crippen LogP contribution in [0, 0.1) is 0 Å². The Balaban J connectivity index is 1.50. The molecular weight excluding hydrogens is 306 g/mol. The molecule has 0 aromatic heterocycles. The van der Waals surface area contributed by atoms with E-state index in [1.807, 2.05) is 48.5 Å². The summed E-state index contributed by atoms with van der Waals surface area (Å²) >= 11 is 0. The molecule has 1 aliphatic heterocycles. The fraction of sp³-hybridized carbons (Fsp3) is 0.316. The van der Waals surface area contributed by atoms with E-state index in [9.17, 15) is 9.00 Å².